The lowest BCUT2D eigenvalue weighted by molar-refractivity contribution is 0.199. The van der Waals surface area contributed by atoms with Gasteiger partial charge in [0.2, 0.25) is 5.89 Å². The summed E-state index contributed by atoms with van der Waals surface area (Å²) in [6.45, 7) is 3.89. The molecule has 102 valence electrons. The van der Waals surface area contributed by atoms with E-state index in [1.807, 2.05) is 0 Å². The van der Waals surface area contributed by atoms with Crippen molar-refractivity contribution in [3.8, 4) is 0 Å². The Morgan fingerprint density at radius 3 is 3.00 bits per heavy atom. The predicted octanol–water partition coefficient (Wildman–Crippen LogP) is 1.58. The van der Waals surface area contributed by atoms with Gasteiger partial charge in [-0.1, -0.05) is 12.1 Å². The molecule has 1 fully saturated rings. The van der Waals surface area contributed by atoms with E-state index in [-0.39, 0.29) is 0 Å². The number of ether oxygens (including phenoxy) is 1. The first-order chi connectivity index (χ1) is 8.83. The minimum atomic E-state index is 0.501. The minimum Gasteiger partial charge on any atom is -0.384 e. The van der Waals surface area contributed by atoms with Crippen LogP contribution in [0.15, 0.2) is 4.52 Å². The van der Waals surface area contributed by atoms with E-state index in [0.29, 0.717) is 12.6 Å². The lowest BCUT2D eigenvalue weighted by atomic mass is 10.1. The third-order valence-electron chi connectivity index (χ3n) is 3.28. The molecule has 18 heavy (non-hydrogen) atoms. The summed E-state index contributed by atoms with van der Waals surface area (Å²) in [7, 11) is 1.68. The molecule has 0 radical (unpaired) electrons. The van der Waals surface area contributed by atoms with Gasteiger partial charge in [0, 0.05) is 26.0 Å². The van der Waals surface area contributed by atoms with Gasteiger partial charge in [0.1, 0.15) is 0 Å². The van der Waals surface area contributed by atoms with Crippen molar-refractivity contribution >= 4 is 0 Å². The van der Waals surface area contributed by atoms with Gasteiger partial charge in [0.05, 0.1) is 6.61 Å². The van der Waals surface area contributed by atoms with E-state index in [4.69, 9.17) is 9.26 Å². The van der Waals surface area contributed by atoms with Gasteiger partial charge in [0.15, 0.2) is 5.82 Å². The van der Waals surface area contributed by atoms with E-state index in [9.17, 15) is 0 Å². The lowest BCUT2D eigenvalue weighted by Gasteiger charge is -2.15. The number of nitrogens with one attached hydrogen (secondary N) is 1. The highest BCUT2D eigenvalue weighted by atomic mass is 16.5. The summed E-state index contributed by atoms with van der Waals surface area (Å²) in [5.74, 6) is 2.30. The van der Waals surface area contributed by atoms with E-state index < -0.39 is 0 Å². The molecule has 0 bridgehead atoms. The topological polar surface area (TPSA) is 60.2 Å². The van der Waals surface area contributed by atoms with E-state index >= 15 is 0 Å². The fourth-order valence-electron chi connectivity index (χ4n) is 2.09. The average Bonchev–Trinajstić information content (AvgIpc) is 3.13. The second-order valence-electron chi connectivity index (χ2n) is 4.95. The van der Waals surface area contributed by atoms with E-state index in [2.05, 4.69) is 22.4 Å². The fourth-order valence-corrected chi connectivity index (χ4v) is 2.09. The van der Waals surface area contributed by atoms with Gasteiger partial charge < -0.3 is 14.6 Å². The van der Waals surface area contributed by atoms with E-state index in [1.165, 1.54) is 12.8 Å². The summed E-state index contributed by atoms with van der Waals surface area (Å²) in [5.41, 5.74) is 0. The van der Waals surface area contributed by atoms with Crippen LogP contribution in [0.3, 0.4) is 0 Å². The normalized spacial score (nSPS) is 17.0. The molecule has 0 spiro atoms. The summed E-state index contributed by atoms with van der Waals surface area (Å²) >= 11 is 0. The van der Waals surface area contributed by atoms with Crippen molar-refractivity contribution in [3.63, 3.8) is 0 Å². The van der Waals surface area contributed by atoms with Gasteiger partial charge in [-0.25, -0.2) is 0 Å². The monoisotopic (exact) mass is 253 g/mol. The van der Waals surface area contributed by atoms with Crippen molar-refractivity contribution in [2.75, 3.05) is 20.3 Å². The first kappa shape index (κ1) is 13.5. The quantitative estimate of drug-likeness (QED) is 0.724. The Hall–Kier alpha value is -0.940. The summed E-state index contributed by atoms with van der Waals surface area (Å²) in [5, 5.41) is 7.55. The largest absolute Gasteiger partial charge is 0.384 e. The number of nitrogens with zero attached hydrogens (tertiary/aromatic N) is 2. The fraction of sp³-hybridized carbons (Fsp3) is 0.846. The molecule has 1 unspecified atom stereocenters. The van der Waals surface area contributed by atoms with Gasteiger partial charge in [0.25, 0.3) is 0 Å². The average molecular weight is 253 g/mol. The van der Waals surface area contributed by atoms with Crippen LogP contribution in [0.25, 0.3) is 0 Å². The molecule has 1 N–H and O–H groups in total. The standard InChI is InChI=1S/C13H23N3O2/c1-3-7-14-11(10-4-5-10)9-13-15-12(16-18-13)6-8-17-2/h10-11,14H,3-9H2,1-2H3. The van der Waals surface area contributed by atoms with Crippen molar-refractivity contribution < 1.29 is 9.26 Å². The van der Waals surface area contributed by atoms with Crippen LogP contribution in [-0.4, -0.2) is 36.4 Å². The molecule has 1 aromatic rings. The molecule has 2 rings (SSSR count). The maximum atomic E-state index is 5.29. The van der Waals surface area contributed by atoms with Crippen molar-refractivity contribution in [3.05, 3.63) is 11.7 Å². The highest BCUT2D eigenvalue weighted by Crippen LogP contribution is 2.33. The van der Waals surface area contributed by atoms with Crippen molar-refractivity contribution in [1.29, 1.82) is 0 Å². The van der Waals surface area contributed by atoms with E-state index in [1.54, 1.807) is 7.11 Å². The molecule has 1 aliphatic carbocycles. The lowest BCUT2D eigenvalue weighted by Crippen LogP contribution is -2.33. The van der Waals surface area contributed by atoms with Gasteiger partial charge in [-0.2, -0.15) is 4.98 Å². The zero-order chi connectivity index (χ0) is 12.8. The zero-order valence-electron chi connectivity index (χ0n) is 11.3. The van der Waals surface area contributed by atoms with Crippen LogP contribution in [0.5, 0.6) is 0 Å². The predicted molar refractivity (Wildman–Crippen MR) is 68.4 cm³/mol. The van der Waals surface area contributed by atoms with Gasteiger partial charge in [-0.05, 0) is 31.7 Å². The molecule has 1 aliphatic rings. The molecule has 5 nitrogen and oxygen atoms in total. The molecule has 0 aromatic carbocycles. The van der Waals surface area contributed by atoms with Crippen LogP contribution in [0.4, 0.5) is 0 Å². The number of methoxy groups -OCH3 is 1. The second-order valence-corrected chi connectivity index (χ2v) is 4.95. The highest BCUT2D eigenvalue weighted by Gasteiger charge is 2.32. The minimum absolute atomic E-state index is 0.501. The third-order valence-corrected chi connectivity index (χ3v) is 3.28. The maximum Gasteiger partial charge on any atom is 0.228 e. The second kappa shape index (κ2) is 6.85. The van der Waals surface area contributed by atoms with Crippen LogP contribution in [0.2, 0.25) is 0 Å². The number of hydrogen-bond donors (Lipinski definition) is 1. The van der Waals surface area contributed by atoms with Crippen LogP contribution in [0.1, 0.15) is 37.9 Å². The molecular weight excluding hydrogens is 230 g/mol. The van der Waals surface area contributed by atoms with Crippen LogP contribution >= 0.6 is 0 Å². The Morgan fingerprint density at radius 1 is 1.50 bits per heavy atom. The first-order valence-corrected chi connectivity index (χ1v) is 6.87. The Morgan fingerprint density at radius 2 is 2.33 bits per heavy atom. The number of rotatable bonds is 9. The Balaban J connectivity index is 1.83. The summed E-state index contributed by atoms with van der Waals surface area (Å²) in [6.07, 6.45) is 5.38. The molecule has 5 heteroatoms. The van der Waals surface area contributed by atoms with Crippen LogP contribution in [0, 0.1) is 5.92 Å². The van der Waals surface area contributed by atoms with Crippen molar-refractivity contribution in [2.24, 2.45) is 5.92 Å². The maximum absolute atomic E-state index is 5.29. The smallest absolute Gasteiger partial charge is 0.228 e. The van der Waals surface area contributed by atoms with Gasteiger partial charge in [-0.3, -0.25) is 0 Å². The molecule has 0 saturated heterocycles. The molecule has 0 amide bonds. The SMILES string of the molecule is CCCNC(Cc1nc(CCOC)no1)C1CC1. The molecule has 1 aromatic heterocycles. The third kappa shape index (κ3) is 4.07. The van der Waals surface area contributed by atoms with Crippen LogP contribution in [-0.2, 0) is 17.6 Å². The highest BCUT2D eigenvalue weighted by molar-refractivity contribution is 4.95. The van der Waals surface area contributed by atoms with E-state index in [0.717, 1.165) is 43.4 Å². The van der Waals surface area contributed by atoms with Crippen LogP contribution < -0.4 is 5.32 Å². The number of aromatic nitrogens is 2. The van der Waals surface area contributed by atoms with Gasteiger partial charge in [-0.15, -0.1) is 0 Å². The number of hydrogen-bond acceptors (Lipinski definition) is 5. The summed E-state index contributed by atoms with van der Waals surface area (Å²) in [4.78, 5) is 4.41. The molecule has 1 saturated carbocycles. The molecule has 1 atom stereocenters. The molecule has 1 heterocycles. The molecule has 0 aliphatic heterocycles. The Kier molecular flexibility index (Phi) is 5.13. The first-order valence-electron chi connectivity index (χ1n) is 6.87. The molecular formula is C13H23N3O2. The summed E-state index contributed by atoms with van der Waals surface area (Å²) in [6, 6.07) is 0.501. The van der Waals surface area contributed by atoms with Crippen molar-refractivity contribution in [2.45, 2.75) is 45.1 Å². The Bertz CT molecular complexity index is 350. The zero-order valence-corrected chi connectivity index (χ0v) is 11.3. The van der Waals surface area contributed by atoms with Crippen molar-refractivity contribution in [1.82, 2.24) is 15.5 Å². The summed E-state index contributed by atoms with van der Waals surface area (Å²) < 4.78 is 10.3. The van der Waals surface area contributed by atoms with Gasteiger partial charge >= 0.3 is 0 Å². The Labute approximate surface area is 108 Å².